The maximum absolute atomic E-state index is 13.7. The minimum Gasteiger partial charge on any atom is -0.332 e. The van der Waals surface area contributed by atoms with E-state index in [-0.39, 0.29) is 5.82 Å². The van der Waals surface area contributed by atoms with Crippen molar-refractivity contribution in [1.29, 1.82) is 0 Å². The third-order valence-corrected chi connectivity index (χ3v) is 3.57. The van der Waals surface area contributed by atoms with Gasteiger partial charge in [-0.3, -0.25) is 5.32 Å². The third kappa shape index (κ3) is 4.14. The largest absolute Gasteiger partial charge is 0.332 e. The molecule has 0 fully saturated rings. The van der Waals surface area contributed by atoms with Crippen molar-refractivity contribution in [2.45, 2.75) is 13.5 Å². The molecule has 1 aromatic heterocycles. The van der Waals surface area contributed by atoms with Gasteiger partial charge in [0.05, 0.1) is 6.54 Å². The van der Waals surface area contributed by atoms with E-state index in [0.717, 1.165) is 5.69 Å². The van der Waals surface area contributed by atoms with E-state index >= 15 is 0 Å². The molecule has 122 valence electrons. The van der Waals surface area contributed by atoms with Gasteiger partial charge in [-0.2, -0.15) is 0 Å². The Kier molecular flexibility index (Phi) is 4.81. The van der Waals surface area contributed by atoms with Gasteiger partial charge in [-0.25, -0.2) is 14.1 Å². The van der Waals surface area contributed by atoms with E-state index in [2.05, 4.69) is 20.7 Å². The smallest absolute Gasteiger partial charge is 0.248 e. The highest BCUT2D eigenvalue weighted by atomic mass is 32.1. The molecule has 7 heteroatoms. The first-order chi connectivity index (χ1) is 11.6. The minimum atomic E-state index is -0.265. The van der Waals surface area contributed by atoms with Crippen LogP contribution >= 0.6 is 12.2 Å². The van der Waals surface area contributed by atoms with E-state index in [1.807, 2.05) is 31.2 Å². The van der Waals surface area contributed by atoms with E-state index in [1.54, 1.807) is 22.9 Å². The van der Waals surface area contributed by atoms with Crippen LogP contribution in [0, 0.1) is 12.7 Å². The molecule has 24 heavy (non-hydrogen) atoms. The number of rotatable bonds is 4. The van der Waals surface area contributed by atoms with Crippen LogP contribution in [0.3, 0.4) is 0 Å². The Morgan fingerprint density at radius 3 is 2.62 bits per heavy atom. The van der Waals surface area contributed by atoms with Gasteiger partial charge in [0, 0.05) is 11.3 Å². The molecule has 0 aliphatic carbocycles. The highest BCUT2D eigenvalue weighted by molar-refractivity contribution is 7.80. The van der Waals surface area contributed by atoms with Crippen LogP contribution in [0.2, 0.25) is 0 Å². The second kappa shape index (κ2) is 7.18. The summed E-state index contributed by atoms with van der Waals surface area (Å²) >= 11 is 5.24. The lowest BCUT2D eigenvalue weighted by molar-refractivity contribution is 0.585. The molecule has 0 bridgehead atoms. The predicted molar refractivity (Wildman–Crippen MR) is 96.5 cm³/mol. The van der Waals surface area contributed by atoms with Crippen LogP contribution in [0.5, 0.6) is 0 Å². The first-order valence-corrected chi connectivity index (χ1v) is 7.78. The number of nitrogens with one attached hydrogen (secondary N) is 2. The van der Waals surface area contributed by atoms with Crippen molar-refractivity contribution in [2.24, 2.45) is 0 Å². The minimum absolute atomic E-state index is 0.265. The van der Waals surface area contributed by atoms with Crippen LogP contribution < -0.4 is 10.6 Å². The summed E-state index contributed by atoms with van der Waals surface area (Å²) in [5.74, 6) is 0.0926. The first kappa shape index (κ1) is 16.1. The number of thiocarbonyl (C=S) groups is 1. The Balaban J connectivity index is 1.60. The summed E-state index contributed by atoms with van der Waals surface area (Å²) in [6, 6.07) is 14.4. The summed E-state index contributed by atoms with van der Waals surface area (Å²) in [7, 11) is 0. The maximum Gasteiger partial charge on any atom is 0.248 e. The normalized spacial score (nSPS) is 10.4. The van der Waals surface area contributed by atoms with Gasteiger partial charge in [-0.05, 0) is 37.3 Å². The Labute approximate surface area is 144 Å². The van der Waals surface area contributed by atoms with Gasteiger partial charge in [0.25, 0.3) is 0 Å². The number of halogens is 1. The van der Waals surface area contributed by atoms with Gasteiger partial charge in [-0.1, -0.05) is 35.9 Å². The zero-order valence-corrected chi connectivity index (χ0v) is 13.8. The van der Waals surface area contributed by atoms with Crippen molar-refractivity contribution < 1.29 is 4.39 Å². The molecule has 0 aliphatic rings. The van der Waals surface area contributed by atoms with Crippen molar-refractivity contribution in [2.75, 3.05) is 10.6 Å². The van der Waals surface area contributed by atoms with E-state index in [9.17, 15) is 4.39 Å². The molecule has 0 saturated heterocycles. The second-order valence-electron chi connectivity index (χ2n) is 5.30. The Bertz CT molecular complexity index is 844. The number of anilines is 2. The molecule has 0 radical (unpaired) electrons. The topological polar surface area (TPSA) is 54.8 Å². The zero-order chi connectivity index (χ0) is 16.9. The van der Waals surface area contributed by atoms with Gasteiger partial charge in [0.15, 0.2) is 5.11 Å². The lowest BCUT2D eigenvalue weighted by Gasteiger charge is -2.08. The Hall–Kier alpha value is -2.80. The van der Waals surface area contributed by atoms with E-state index in [1.165, 1.54) is 18.0 Å². The molecular formula is C17H16FN5S. The lowest BCUT2D eigenvalue weighted by atomic mass is 10.2. The summed E-state index contributed by atoms with van der Waals surface area (Å²) in [5, 5.41) is 10.6. The molecule has 5 nitrogen and oxygen atoms in total. The van der Waals surface area contributed by atoms with Crippen LogP contribution in [-0.2, 0) is 6.54 Å². The average Bonchev–Trinajstić information content (AvgIpc) is 2.99. The Morgan fingerprint density at radius 1 is 1.12 bits per heavy atom. The number of aryl methyl sites for hydroxylation is 1. The van der Waals surface area contributed by atoms with Gasteiger partial charge < -0.3 is 5.32 Å². The van der Waals surface area contributed by atoms with Crippen LogP contribution in [0.1, 0.15) is 11.1 Å². The molecule has 3 rings (SSSR count). The molecule has 0 spiro atoms. The fourth-order valence-electron chi connectivity index (χ4n) is 2.13. The number of nitrogens with zero attached hydrogens (tertiary/aromatic N) is 3. The molecule has 0 aliphatic heterocycles. The molecule has 0 amide bonds. The van der Waals surface area contributed by atoms with Crippen molar-refractivity contribution >= 4 is 29.0 Å². The first-order valence-electron chi connectivity index (χ1n) is 7.38. The molecule has 1 heterocycles. The molecule has 2 aromatic carbocycles. The second-order valence-corrected chi connectivity index (χ2v) is 5.71. The molecule has 0 unspecified atom stereocenters. The number of hydrogen-bond donors (Lipinski definition) is 2. The molecule has 0 saturated carbocycles. The standard InChI is InChI=1S/C17H16FN5S/c1-12-6-8-14(9-7-12)20-17(24)21-16-19-11-23(22-16)10-13-4-2-3-5-15(13)18/h2-9,11H,10H2,1H3,(H2,20,21,22,24). The highest BCUT2D eigenvalue weighted by Gasteiger charge is 2.06. The molecular weight excluding hydrogens is 325 g/mol. The third-order valence-electron chi connectivity index (χ3n) is 3.36. The molecule has 0 atom stereocenters. The number of hydrogen-bond acceptors (Lipinski definition) is 3. The monoisotopic (exact) mass is 341 g/mol. The lowest BCUT2D eigenvalue weighted by Crippen LogP contribution is -2.20. The fourth-order valence-corrected chi connectivity index (χ4v) is 2.34. The fraction of sp³-hybridized carbons (Fsp3) is 0.118. The Morgan fingerprint density at radius 2 is 1.88 bits per heavy atom. The van der Waals surface area contributed by atoms with Crippen molar-refractivity contribution in [3.8, 4) is 0 Å². The van der Waals surface area contributed by atoms with Crippen LogP contribution in [0.25, 0.3) is 0 Å². The molecule has 2 N–H and O–H groups in total. The average molecular weight is 341 g/mol. The van der Waals surface area contributed by atoms with Gasteiger partial charge in [-0.15, -0.1) is 5.10 Å². The van der Waals surface area contributed by atoms with Gasteiger partial charge in [0.1, 0.15) is 12.1 Å². The van der Waals surface area contributed by atoms with Crippen LogP contribution in [0.15, 0.2) is 54.9 Å². The van der Waals surface area contributed by atoms with Crippen molar-refractivity contribution in [3.63, 3.8) is 0 Å². The van der Waals surface area contributed by atoms with E-state index in [4.69, 9.17) is 12.2 Å². The summed E-state index contributed by atoms with van der Waals surface area (Å²) in [5.41, 5.74) is 2.60. The summed E-state index contributed by atoms with van der Waals surface area (Å²) in [6.45, 7) is 2.33. The summed E-state index contributed by atoms with van der Waals surface area (Å²) in [4.78, 5) is 4.13. The zero-order valence-electron chi connectivity index (χ0n) is 13.0. The predicted octanol–water partition coefficient (Wildman–Crippen LogP) is 3.58. The quantitative estimate of drug-likeness (QED) is 0.711. The number of benzene rings is 2. The SMILES string of the molecule is Cc1ccc(NC(=S)Nc2ncn(Cc3ccccc3F)n2)cc1. The van der Waals surface area contributed by atoms with Crippen molar-refractivity contribution in [1.82, 2.24) is 14.8 Å². The summed E-state index contributed by atoms with van der Waals surface area (Å²) < 4.78 is 15.2. The van der Waals surface area contributed by atoms with Gasteiger partial charge >= 0.3 is 0 Å². The molecule has 3 aromatic rings. The van der Waals surface area contributed by atoms with E-state index in [0.29, 0.717) is 23.2 Å². The number of aromatic nitrogens is 3. The van der Waals surface area contributed by atoms with E-state index < -0.39 is 0 Å². The van der Waals surface area contributed by atoms with Crippen LogP contribution in [-0.4, -0.2) is 19.9 Å². The van der Waals surface area contributed by atoms with Crippen molar-refractivity contribution in [3.05, 3.63) is 71.8 Å². The maximum atomic E-state index is 13.7. The van der Waals surface area contributed by atoms with Crippen LogP contribution in [0.4, 0.5) is 16.0 Å². The van der Waals surface area contributed by atoms with Gasteiger partial charge in [0.2, 0.25) is 5.95 Å². The summed E-state index contributed by atoms with van der Waals surface area (Å²) in [6.07, 6.45) is 1.53. The highest BCUT2D eigenvalue weighted by Crippen LogP contribution is 2.10.